The Kier molecular flexibility index (Phi) is 5.24. The topological polar surface area (TPSA) is 18.5 Å². The summed E-state index contributed by atoms with van der Waals surface area (Å²) in [5.41, 5.74) is 2.30. The largest absolute Gasteiger partial charge is 0.489 e. The summed E-state index contributed by atoms with van der Waals surface area (Å²) in [5.74, 6) is 1.86. The number of para-hydroxylation sites is 2. The fraction of sp³-hybridized carbons (Fsp3) is 0.222. The van der Waals surface area contributed by atoms with Crippen molar-refractivity contribution in [1.29, 1.82) is 0 Å². The quantitative estimate of drug-likeness (QED) is 0.726. The van der Waals surface area contributed by atoms with Crippen molar-refractivity contribution in [2.24, 2.45) is 0 Å². The van der Waals surface area contributed by atoms with E-state index in [0.717, 1.165) is 22.6 Å². The van der Waals surface area contributed by atoms with Gasteiger partial charge in [-0.3, -0.25) is 0 Å². The van der Waals surface area contributed by atoms with Crippen molar-refractivity contribution < 1.29 is 9.47 Å². The molecular weight excluding hydrogens is 248 g/mol. The van der Waals surface area contributed by atoms with Crippen molar-refractivity contribution >= 4 is 0 Å². The standard InChI is InChI=1S/C18H20O2/c1-15-9-3-5-11-17(15)19-13-7-8-14-20-18-12-6-4-10-16(18)2/h3-12H,13-14H2,1-2H3. The molecule has 0 saturated heterocycles. The van der Waals surface area contributed by atoms with Crippen LogP contribution in [0.2, 0.25) is 0 Å². The normalized spacial score (nSPS) is 10.7. The molecule has 0 atom stereocenters. The number of rotatable bonds is 6. The van der Waals surface area contributed by atoms with Crippen molar-refractivity contribution in [3.8, 4) is 11.5 Å². The van der Waals surface area contributed by atoms with E-state index in [-0.39, 0.29) is 0 Å². The fourth-order valence-electron chi connectivity index (χ4n) is 1.85. The third-order valence-electron chi connectivity index (χ3n) is 3.02. The molecule has 0 bridgehead atoms. The third kappa shape index (κ3) is 4.16. The van der Waals surface area contributed by atoms with Gasteiger partial charge in [0.1, 0.15) is 24.7 Å². The second kappa shape index (κ2) is 7.39. The van der Waals surface area contributed by atoms with Crippen LogP contribution in [0.4, 0.5) is 0 Å². The molecule has 0 aliphatic rings. The first-order chi connectivity index (χ1) is 9.77. The van der Waals surface area contributed by atoms with E-state index in [4.69, 9.17) is 9.47 Å². The molecule has 0 aliphatic carbocycles. The first-order valence-electron chi connectivity index (χ1n) is 6.79. The van der Waals surface area contributed by atoms with Crippen molar-refractivity contribution in [2.45, 2.75) is 13.8 Å². The van der Waals surface area contributed by atoms with Crippen molar-refractivity contribution in [3.05, 3.63) is 71.8 Å². The Morgan fingerprint density at radius 2 is 1.10 bits per heavy atom. The molecule has 20 heavy (non-hydrogen) atoms. The predicted molar refractivity (Wildman–Crippen MR) is 82.5 cm³/mol. The van der Waals surface area contributed by atoms with Gasteiger partial charge in [-0.1, -0.05) is 36.4 Å². The first-order valence-corrected chi connectivity index (χ1v) is 6.79. The molecule has 0 fully saturated rings. The highest BCUT2D eigenvalue weighted by molar-refractivity contribution is 5.32. The Balaban J connectivity index is 1.73. The van der Waals surface area contributed by atoms with Crippen LogP contribution in [0.1, 0.15) is 11.1 Å². The van der Waals surface area contributed by atoms with Gasteiger partial charge in [0.05, 0.1) is 0 Å². The lowest BCUT2D eigenvalue weighted by molar-refractivity contribution is 0.348. The molecule has 104 valence electrons. The molecule has 2 heteroatoms. The molecule has 0 aliphatic heterocycles. The van der Waals surface area contributed by atoms with Crippen LogP contribution in [0.15, 0.2) is 60.7 Å². The zero-order chi connectivity index (χ0) is 14.2. The van der Waals surface area contributed by atoms with E-state index in [1.807, 2.05) is 74.5 Å². The highest BCUT2D eigenvalue weighted by Crippen LogP contribution is 2.16. The summed E-state index contributed by atoms with van der Waals surface area (Å²) < 4.78 is 11.3. The molecule has 0 N–H and O–H groups in total. The van der Waals surface area contributed by atoms with Gasteiger partial charge in [0.15, 0.2) is 0 Å². The second-order valence-electron chi connectivity index (χ2n) is 4.62. The summed E-state index contributed by atoms with van der Waals surface area (Å²) in [6.45, 7) is 5.20. The van der Waals surface area contributed by atoms with Crippen LogP contribution >= 0.6 is 0 Å². The fourth-order valence-corrected chi connectivity index (χ4v) is 1.85. The monoisotopic (exact) mass is 268 g/mol. The number of hydrogen-bond donors (Lipinski definition) is 0. The molecule has 2 nitrogen and oxygen atoms in total. The lowest BCUT2D eigenvalue weighted by atomic mass is 10.2. The van der Waals surface area contributed by atoms with E-state index in [1.165, 1.54) is 0 Å². The number of ether oxygens (including phenoxy) is 2. The molecule has 0 heterocycles. The van der Waals surface area contributed by atoms with Gasteiger partial charge in [-0.2, -0.15) is 0 Å². The van der Waals surface area contributed by atoms with Crippen LogP contribution in [0.25, 0.3) is 0 Å². The van der Waals surface area contributed by atoms with Crippen LogP contribution in [0.5, 0.6) is 11.5 Å². The summed E-state index contributed by atoms with van der Waals surface area (Å²) in [6, 6.07) is 16.0. The van der Waals surface area contributed by atoms with E-state index in [2.05, 4.69) is 0 Å². The lowest BCUT2D eigenvalue weighted by Crippen LogP contribution is -1.98. The molecule has 0 saturated carbocycles. The zero-order valence-electron chi connectivity index (χ0n) is 12.0. The van der Waals surface area contributed by atoms with Gasteiger partial charge in [0.25, 0.3) is 0 Å². The molecule has 2 aromatic carbocycles. The van der Waals surface area contributed by atoms with Crippen LogP contribution in [0, 0.1) is 13.8 Å². The Bertz CT molecular complexity index is 522. The average Bonchev–Trinajstić information content (AvgIpc) is 2.46. The van der Waals surface area contributed by atoms with E-state index in [1.54, 1.807) is 0 Å². The Morgan fingerprint density at radius 3 is 1.50 bits per heavy atom. The highest BCUT2D eigenvalue weighted by Gasteiger charge is 1.96. The SMILES string of the molecule is Cc1ccccc1OCC=CCOc1ccccc1C. The van der Waals surface area contributed by atoms with Gasteiger partial charge in [0, 0.05) is 0 Å². The van der Waals surface area contributed by atoms with E-state index >= 15 is 0 Å². The Morgan fingerprint density at radius 1 is 0.700 bits per heavy atom. The summed E-state index contributed by atoms with van der Waals surface area (Å²) in [6.07, 6.45) is 3.95. The zero-order valence-corrected chi connectivity index (χ0v) is 12.0. The van der Waals surface area contributed by atoms with Gasteiger partial charge >= 0.3 is 0 Å². The minimum absolute atomic E-state index is 0.558. The Hall–Kier alpha value is -2.22. The molecule has 0 aromatic heterocycles. The van der Waals surface area contributed by atoms with Crippen LogP contribution in [-0.2, 0) is 0 Å². The van der Waals surface area contributed by atoms with Crippen LogP contribution in [0.3, 0.4) is 0 Å². The minimum atomic E-state index is 0.558. The van der Waals surface area contributed by atoms with Gasteiger partial charge in [0.2, 0.25) is 0 Å². The summed E-state index contributed by atoms with van der Waals surface area (Å²) in [7, 11) is 0. The van der Waals surface area contributed by atoms with Crippen molar-refractivity contribution in [1.82, 2.24) is 0 Å². The summed E-state index contributed by atoms with van der Waals surface area (Å²) in [5, 5.41) is 0. The van der Waals surface area contributed by atoms with E-state index in [9.17, 15) is 0 Å². The molecular formula is C18H20O2. The predicted octanol–water partition coefficient (Wildman–Crippen LogP) is 4.32. The summed E-state index contributed by atoms with van der Waals surface area (Å²) in [4.78, 5) is 0. The molecule has 0 radical (unpaired) electrons. The Labute approximate surface area is 120 Å². The van der Waals surface area contributed by atoms with Gasteiger partial charge in [-0.05, 0) is 49.3 Å². The van der Waals surface area contributed by atoms with Crippen LogP contribution < -0.4 is 9.47 Å². The average molecular weight is 268 g/mol. The number of aryl methyl sites for hydroxylation is 2. The maximum atomic E-state index is 5.67. The third-order valence-corrected chi connectivity index (χ3v) is 3.02. The van der Waals surface area contributed by atoms with Gasteiger partial charge in [-0.15, -0.1) is 0 Å². The van der Waals surface area contributed by atoms with E-state index in [0.29, 0.717) is 13.2 Å². The number of benzene rings is 2. The maximum absolute atomic E-state index is 5.67. The molecule has 2 aromatic rings. The van der Waals surface area contributed by atoms with Crippen LogP contribution in [-0.4, -0.2) is 13.2 Å². The van der Waals surface area contributed by atoms with E-state index < -0.39 is 0 Å². The highest BCUT2D eigenvalue weighted by atomic mass is 16.5. The van der Waals surface area contributed by atoms with Gasteiger partial charge in [-0.25, -0.2) is 0 Å². The summed E-state index contributed by atoms with van der Waals surface area (Å²) >= 11 is 0. The van der Waals surface area contributed by atoms with Crippen molar-refractivity contribution in [3.63, 3.8) is 0 Å². The second-order valence-corrected chi connectivity index (χ2v) is 4.62. The maximum Gasteiger partial charge on any atom is 0.122 e. The lowest BCUT2D eigenvalue weighted by Gasteiger charge is -2.07. The molecule has 0 spiro atoms. The minimum Gasteiger partial charge on any atom is -0.489 e. The molecule has 0 unspecified atom stereocenters. The molecule has 0 amide bonds. The molecule has 2 rings (SSSR count). The number of hydrogen-bond acceptors (Lipinski definition) is 2. The first kappa shape index (κ1) is 14.2. The van der Waals surface area contributed by atoms with Crippen molar-refractivity contribution in [2.75, 3.05) is 13.2 Å². The smallest absolute Gasteiger partial charge is 0.122 e. The van der Waals surface area contributed by atoms with Gasteiger partial charge < -0.3 is 9.47 Å².